The van der Waals surface area contributed by atoms with Gasteiger partial charge in [-0.25, -0.2) is 32.9 Å². The fourth-order valence-electron chi connectivity index (χ4n) is 5.86. The second kappa shape index (κ2) is 14.1. The van der Waals surface area contributed by atoms with E-state index in [2.05, 4.69) is 39.3 Å². The number of hydrogen-bond donors (Lipinski definition) is 0. The molecule has 4 amide bonds. The monoisotopic (exact) mass is 663 g/mol. The SMILES string of the molecule is C=CCN1C(=O)C(CC2CO2)C(=O)N(CCC[Si](C)(C)O[Si](C)(C)CCCn2c(=O)n(CC=C)c(=O)n(CC3CO3)c2=O)C1=O. The highest BCUT2D eigenvalue weighted by Gasteiger charge is 2.47. The molecule has 0 aliphatic carbocycles. The first-order valence-electron chi connectivity index (χ1n) is 15.5. The fourth-order valence-corrected chi connectivity index (χ4v) is 14.7. The number of hydrogen-bond acceptors (Lipinski definition) is 9. The second-order valence-corrected chi connectivity index (χ2v) is 21.9. The Kier molecular flexibility index (Phi) is 10.8. The first-order valence-corrected chi connectivity index (χ1v) is 21.7. The molecule has 248 valence electrons. The van der Waals surface area contributed by atoms with E-state index in [1.807, 2.05) is 0 Å². The maximum Gasteiger partial charge on any atom is 0.336 e. The summed E-state index contributed by atoms with van der Waals surface area (Å²) < 4.78 is 20.3. The van der Waals surface area contributed by atoms with Crippen molar-refractivity contribution in [1.29, 1.82) is 0 Å². The van der Waals surface area contributed by atoms with Gasteiger partial charge in [0, 0.05) is 19.6 Å². The lowest BCUT2D eigenvalue weighted by Crippen LogP contribution is -2.60. The quantitative estimate of drug-likeness (QED) is 0.0978. The van der Waals surface area contributed by atoms with Crippen molar-refractivity contribution in [3.8, 4) is 0 Å². The molecular weight excluding hydrogens is 619 g/mol. The van der Waals surface area contributed by atoms with E-state index in [0.29, 0.717) is 38.1 Å². The number of epoxide rings is 2. The lowest BCUT2D eigenvalue weighted by Gasteiger charge is -2.37. The van der Waals surface area contributed by atoms with Crippen molar-refractivity contribution in [3.63, 3.8) is 0 Å². The van der Waals surface area contributed by atoms with Crippen molar-refractivity contribution in [2.24, 2.45) is 5.92 Å². The maximum atomic E-state index is 13.2. The number of urea groups is 1. The molecule has 0 radical (unpaired) electrons. The number of barbiturate groups is 1. The van der Waals surface area contributed by atoms with Gasteiger partial charge in [-0.1, -0.05) is 12.2 Å². The molecule has 4 heterocycles. The van der Waals surface area contributed by atoms with Crippen LogP contribution in [0.3, 0.4) is 0 Å². The van der Waals surface area contributed by atoms with Crippen LogP contribution >= 0.6 is 0 Å². The molecule has 3 unspecified atom stereocenters. The Bertz CT molecular complexity index is 1510. The van der Waals surface area contributed by atoms with E-state index in [1.54, 1.807) is 0 Å². The van der Waals surface area contributed by atoms with Crippen LogP contribution in [0.15, 0.2) is 39.7 Å². The second-order valence-electron chi connectivity index (χ2n) is 13.0. The third kappa shape index (κ3) is 8.55. The standard InChI is InChI=1S/C29H45N5O9Si2/c1-7-11-30-24(35)23(17-21-19-41-21)25(36)31(26(30)37)13-9-15-44(3,4)43-45(5,6)16-10-14-33-27(38)32(12-8-2)28(39)34(29(33)40)18-22-20-42-22/h7-8,21-23H,1-2,9-20H2,3-6H3. The van der Waals surface area contributed by atoms with Crippen molar-refractivity contribution in [1.82, 2.24) is 23.5 Å². The van der Waals surface area contributed by atoms with E-state index in [9.17, 15) is 28.8 Å². The molecule has 4 rings (SSSR count). The topological polar surface area (TPSA) is 158 Å². The highest BCUT2D eigenvalue weighted by atomic mass is 28.4. The van der Waals surface area contributed by atoms with Crippen molar-refractivity contribution in [2.75, 3.05) is 26.3 Å². The summed E-state index contributed by atoms with van der Waals surface area (Å²) >= 11 is 0. The molecule has 3 aliphatic heterocycles. The number of ether oxygens (including phenoxy) is 2. The van der Waals surface area contributed by atoms with E-state index < -0.39 is 57.5 Å². The first kappa shape index (κ1) is 34.7. The Morgan fingerprint density at radius 2 is 1.24 bits per heavy atom. The van der Waals surface area contributed by atoms with Gasteiger partial charge in [0.15, 0.2) is 16.6 Å². The Morgan fingerprint density at radius 1 is 0.733 bits per heavy atom. The van der Waals surface area contributed by atoms with Gasteiger partial charge in [0.1, 0.15) is 5.92 Å². The Hall–Kier alpha value is -3.19. The molecule has 3 fully saturated rings. The van der Waals surface area contributed by atoms with Crippen molar-refractivity contribution in [3.05, 3.63) is 56.8 Å². The molecule has 3 atom stereocenters. The highest BCUT2D eigenvalue weighted by Crippen LogP contribution is 2.28. The summed E-state index contributed by atoms with van der Waals surface area (Å²) in [6, 6.07) is 0.742. The fraction of sp³-hybridized carbons (Fsp3) is 0.655. The van der Waals surface area contributed by atoms with Crippen LogP contribution in [0.4, 0.5) is 4.79 Å². The van der Waals surface area contributed by atoms with Gasteiger partial charge in [-0.05, 0) is 57.5 Å². The van der Waals surface area contributed by atoms with E-state index in [-0.39, 0.29) is 51.4 Å². The van der Waals surface area contributed by atoms with Gasteiger partial charge < -0.3 is 13.6 Å². The predicted octanol–water partition coefficient (Wildman–Crippen LogP) is 1.35. The summed E-state index contributed by atoms with van der Waals surface area (Å²) in [6.45, 7) is 17.1. The lowest BCUT2D eigenvalue weighted by atomic mass is 9.97. The van der Waals surface area contributed by atoms with Crippen LogP contribution in [0, 0.1) is 5.92 Å². The van der Waals surface area contributed by atoms with Gasteiger partial charge in [-0.2, -0.15) is 0 Å². The number of carbonyl (C=O) groups is 3. The molecule has 0 N–H and O–H groups in total. The molecule has 0 aromatic carbocycles. The van der Waals surface area contributed by atoms with E-state index in [4.69, 9.17) is 13.6 Å². The van der Waals surface area contributed by atoms with Crippen molar-refractivity contribution < 1.29 is 28.0 Å². The number of carbonyl (C=O) groups excluding carboxylic acids is 3. The number of nitrogens with zero attached hydrogens (tertiary/aromatic N) is 5. The minimum Gasteiger partial charge on any atom is -0.455 e. The van der Waals surface area contributed by atoms with Gasteiger partial charge in [0.25, 0.3) is 0 Å². The van der Waals surface area contributed by atoms with Crippen LogP contribution in [-0.4, -0.2) is 96.5 Å². The molecule has 3 saturated heterocycles. The Morgan fingerprint density at radius 3 is 1.80 bits per heavy atom. The third-order valence-corrected chi connectivity index (χ3v) is 15.7. The van der Waals surface area contributed by atoms with Crippen LogP contribution in [0.5, 0.6) is 0 Å². The van der Waals surface area contributed by atoms with Crippen LogP contribution in [0.1, 0.15) is 19.3 Å². The molecule has 45 heavy (non-hydrogen) atoms. The molecule has 0 spiro atoms. The number of rotatable bonds is 18. The summed E-state index contributed by atoms with van der Waals surface area (Å²) in [5.41, 5.74) is -1.96. The Labute approximate surface area is 264 Å². The average Bonchev–Trinajstić information content (AvgIpc) is 3.89. The van der Waals surface area contributed by atoms with Crippen LogP contribution in [0.25, 0.3) is 0 Å². The number of imide groups is 2. The van der Waals surface area contributed by atoms with Gasteiger partial charge in [0.05, 0.1) is 38.5 Å². The summed E-state index contributed by atoms with van der Waals surface area (Å²) in [5.74, 6) is -1.91. The van der Waals surface area contributed by atoms with Gasteiger partial charge in [0.2, 0.25) is 11.8 Å². The summed E-state index contributed by atoms with van der Waals surface area (Å²) in [5, 5.41) is 0. The number of aromatic nitrogens is 3. The van der Waals surface area contributed by atoms with Crippen LogP contribution in [-0.2, 0) is 42.8 Å². The molecule has 16 heteroatoms. The van der Waals surface area contributed by atoms with Gasteiger partial charge in [-0.15, -0.1) is 13.2 Å². The zero-order valence-electron chi connectivity index (χ0n) is 26.7. The maximum absolute atomic E-state index is 13.2. The minimum atomic E-state index is -2.26. The summed E-state index contributed by atoms with van der Waals surface area (Å²) in [4.78, 5) is 80.2. The largest absolute Gasteiger partial charge is 0.455 e. The van der Waals surface area contributed by atoms with Crippen molar-refractivity contribution >= 4 is 34.5 Å². The van der Waals surface area contributed by atoms with Gasteiger partial charge >= 0.3 is 23.1 Å². The first-order chi connectivity index (χ1) is 21.2. The Balaban J connectivity index is 1.35. The predicted molar refractivity (Wildman–Crippen MR) is 171 cm³/mol. The molecule has 14 nitrogen and oxygen atoms in total. The summed E-state index contributed by atoms with van der Waals surface area (Å²) in [7, 11) is -4.51. The molecule has 1 aromatic heterocycles. The van der Waals surface area contributed by atoms with Crippen molar-refractivity contribution in [2.45, 2.75) is 89.4 Å². The molecule has 3 aliphatic rings. The zero-order chi connectivity index (χ0) is 33.1. The molecular formula is C29H45N5O9Si2. The van der Waals surface area contributed by atoms with Crippen LogP contribution < -0.4 is 17.1 Å². The number of amides is 4. The minimum absolute atomic E-state index is 0.000573. The normalized spacial score (nSPS) is 21.8. The van der Waals surface area contributed by atoms with E-state index >= 15 is 0 Å². The molecule has 0 bridgehead atoms. The average molecular weight is 664 g/mol. The number of allylic oxidation sites excluding steroid dienone is 1. The smallest absolute Gasteiger partial charge is 0.336 e. The zero-order valence-corrected chi connectivity index (χ0v) is 28.7. The molecule has 0 saturated carbocycles. The van der Waals surface area contributed by atoms with E-state index in [0.717, 1.165) is 18.6 Å². The lowest BCUT2D eigenvalue weighted by molar-refractivity contribution is -0.149. The van der Waals surface area contributed by atoms with Crippen LogP contribution in [0.2, 0.25) is 38.3 Å². The third-order valence-electron chi connectivity index (χ3n) is 8.16. The molecule has 1 aromatic rings. The highest BCUT2D eigenvalue weighted by molar-refractivity contribution is 6.84. The van der Waals surface area contributed by atoms with E-state index in [1.165, 1.54) is 17.1 Å². The summed E-state index contributed by atoms with van der Waals surface area (Å²) in [6.07, 6.45) is 3.90. The van der Waals surface area contributed by atoms with Gasteiger partial charge in [-0.3, -0.25) is 19.4 Å².